The van der Waals surface area contributed by atoms with Gasteiger partial charge in [-0.1, -0.05) is 67.6 Å². The highest BCUT2D eigenvalue weighted by Crippen LogP contribution is 2.30. The molecule has 2 aliphatic rings. The van der Waals surface area contributed by atoms with E-state index in [-0.39, 0.29) is 49.3 Å². The Kier molecular flexibility index (Phi) is 8.70. The van der Waals surface area contributed by atoms with Gasteiger partial charge in [0, 0.05) is 13.0 Å². The third-order valence-corrected chi connectivity index (χ3v) is 7.45. The van der Waals surface area contributed by atoms with Crippen LogP contribution >= 0.6 is 0 Å². The lowest BCUT2D eigenvalue weighted by molar-refractivity contribution is -0.160. The van der Waals surface area contributed by atoms with Crippen molar-refractivity contribution in [2.45, 2.75) is 45.1 Å². The van der Waals surface area contributed by atoms with E-state index in [1.54, 1.807) is 61.5 Å². The van der Waals surface area contributed by atoms with E-state index in [1.807, 2.05) is 6.07 Å². The molecular formula is C32H29N3O9. The van der Waals surface area contributed by atoms with Crippen LogP contribution in [0.2, 0.25) is 0 Å². The lowest BCUT2D eigenvalue weighted by Gasteiger charge is -2.34. The minimum atomic E-state index is -1.43. The van der Waals surface area contributed by atoms with Crippen LogP contribution in [0.4, 0.5) is 4.79 Å². The van der Waals surface area contributed by atoms with Gasteiger partial charge in [-0.2, -0.15) is 0 Å². The Balaban J connectivity index is 1.34. The molecule has 0 bridgehead atoms. The number of carboxylic acids is 1. The van der Waals surface area contributed by atoms with Crippen LogP contribution in [0.25, 0.3) is 0 Å². The molecule has 2 unspecified atom stereocenters. The van der Waals surface area contributed by atoms with Gasteiger partial charge >= 0.3 is 18.0 Å². The van der Waals surface area contributed by atoms with Crippen molar-refractivity contribution in [3.05, 3.63) is 107 Å². The number of carboxylic acid groups (broad SMARTS) is 1. The van der Waals surface area contributed by atoms with Gasteiger partial charge in [0.1, 0.15) is 19.3 Å². The molecule has 0 aliphatic carbocycles. The van der Waals surface area contributed by atoms with Crippen molar-refractivity contribution in [1.29, 1.82) is 0 Å². The number of hydrazine groups is 1. The molecule has 1 N–H and O–H groups in total. The monoisotopic (exact) mass is 599 g/mol. The first kappa shape index (κ1) is 30.0. The van der Waals surface area contributed by atoms with Crippen LogP contribution in [0.15, 0.2) is 78.9 Å². The third kappa shape index (κ3) is 5.87. The maximum absolute atomic E-state index is 13.9. The van der Waals surface area contributed by atoms with Crippen LogP contribution in [0, 0.1) is 0 Å². The fourth-order valence-electron chi connectivity index (χ4n) is 5.21. The van der Waals surface area contributed by atoms with E-state index in [0.29, 0.717) is 5.56 Å². The summed E-state index contributed by atoms with van der Waals surface area (Å²) in [5.74, 6) is -4.59. The second kappa shape index (κ2) is 12.8. The van der Waals surface area contributed by atoms with Crippen molar-refractivity contribution >= 4 is 35.8 Å². The van der Waals surface area contributed by atoms with Gasteiger partial charge in [0.25, 0.3) is 17.7 Å². The molecule has 0 saturated carbocycles. The van der Waals surface area contributed by atoms with Gasteiger partial charge < -0.3 is 14.6 Å². The number of esters is 1. The summed E-state index contributed by atoms with van der Waals surface area (Å²) in [6, 6.07) is 18.9. The van der Waals surface area contributed by atoms with E-state index < -0.39 is 47.8 Å². The molecule has 1 fully saturated rings. The maximum atomic E-state index is 13.9. The molecule has 5 rings (SSSR count). The first-order chi connectivity index (χ1) is 21.2. The van der Waals surface area contributed by atoms with Gasteiger partial charge in [0.2, 0.25) is 0 Å². The molecular weight excluding hydrogens is 570 g/mol. The summed E-state index contributed by atoms with van der Waals surface area (Å²) in [7, 11) is 0. The standard InChI is InChI=1S/C32H29N3O9/c1-2-25(29(38)35-26(30(39)40)15-16-33(35)32(42)44-19-21-11-7-4-8-12-21)34-27(36)23-14-13-22(17-24(23)28(34)37)31(41)43-18-20-9-5-3-6-10-20/h3-14,17,25-26H,2,15-16,18-19H2,1H3,(H,39,40). The highest BCUT2D eigenvalue weighted by Gasteiger charge is 2.49. The maximum Gasteiger partial charge on any atom is 0.429 e. The van der Waals surface area contributed by atoms with Crippen LogP contribution in [-0.2, 0) is 32.3 Å². The van der Waals surface area contributed by atoms with Crippen LogP contribution in [0.5, 0.6) is 0 Å². The van der Waals surface area contributed by atoms with E-state index in [1.165, 1.54) is 18.2 Å². The predicted molar refractivity (Wildman–Crippen MR) is 153 cm³/mol. The summed E-state index contributed by atoms with van der Waals surface area (Å²) >= 11 is 0. The zero-order valence-corrected chi connectivity index (χ0v) is 23.8. The van der Waals surface area contributed by atoms with Crippen molar-refractivity contribution in [2.24, 2.45) is 0 Å². The third-order valence-electron chi connectivity index (χ3n) is 7.45. The SMILES string of the molecule is CCC(C(=O)N1C(C(=O)O)CCN1C(=O)OCc1ccccc1)N1C(=O)c2ccc(C(=O)OCc3ccccc3)cc2C1=O. The number of carbonyl (C=O) groups is 6. The lowest BCUT2D eigenvalue weighted by atomic mass is 10.1. The van der Waals surface area contributed by atoms with Gasteiger partial charge in [-0.05, 0) is 35.7 Å². The van der Waals surface area contributed by atoms with Gasteiger partial charge in [0.15, 0.2) is 6.04 Å². The summed E-state index contributed by atoms with van der Waals surface area (Å²) in [5.41, 5.74) is 1.39. The number of ether oxygens (including phenoxy) is 2. The Hall–Kier alpha value is -5.52. The van der Waals surface area contributed by atoms with E-state index in [2.05, 4.69) is 0 Å². The van der Waals surface area contributed by atoms with E-state index >= 15 is 0 Å². The number of imide groups is 1. The van der Waals surface area contributed by atoms with Crippen LogP contribution < -0.4 is 0 Å². The van der Waals surface area contributed by atoms with Gasteiger partial charge in [-0.25, -0.2) is 24.4 Å². The second-order valence-corrected chi connectivity index (χ2v) is 10.2. The van der Waals surface area contributed by atoms with E-state index in [0.717, 1.165) is 20.5 Å². The van der Waals surface area contributed by atoms with Gasteiger partial charge in [-0.15, -0.1) is 0 Å². The van der Waals surface area contributed by atoms with E-state index in [9.17, 15) is 33.9 Å². The summed E-state index contributed by atoms with van der Waals surface area (Å²) in [4.78, 5) is 79.4. The molecule has 226 valence electrons. The first-order valence-corrected chi connectivity index (χ1v) is 14.0. The highest BCUT2D eigenvalue weighted by atomic mass is 16.6. The molecule has 12 nitrogen and oxygen atoms in total. The number of hydrogen-bond donors (Lipinski definition) is 1. The number of hydrogen-bond acceptors (Lipinski definition) is 8. The number of aliphatic carboxylic acids is 1. The first-order valence-electron chi connectivity index (χ1n) is 14.0. The molecule has 2 aliphatic heterocycles. The number of amides is 4. The summed E-state index contributed by atoms with van der Waals surface area (Å²) < 4.78 is 10.7. The van der Waals surface area contributed by atoms with Crippen molar-refractivity contribution in [3.8, 4) is 0 Å². The molecule has 2 atom stereocenters. The zero-order valence-electron chi connectivity index (χ0n) is 23.8. The molecule has 0 spiro atoms. The molecule has 3 aromatic rings. The normalized spacial score (nSPS) is 16.5. The molecule has 3 aromatic carbocycles. The molecule has 2 heterocycles. The molecule has 1 saturated heterocycles. The minimum absolute atomic E-state index is 0.00698. The topological polar surface area (TPSA) is 151 Å². The number of nitrogens with zero attached hydrogens (tertiary/aromatic N) is 3. The summed E-state index contributed by atoms with van der Waals surface area (Å²) in [6.07, 6.45) is -1.08. The molecule has 12 heteroatoms. The smallest absolute Gasteiger partial charge is 0.429 e. The second-order valence-electron chi connectivity index (χ2n) is 10.2. The van der Waals surface area contributed by atoms with Crippen LogP contribution in [0.3, 0.4) is 0 Å². The Bertz CT molecular complexity index is 1610. The zero-order chi connectivity index (χ0) is 31.4. The molecule has 0 radical (unpaired) electrons. The average molecular weight is 600 g/mol. The van der Waals surface area contributed by atoms with Crippen molar-refractivity contribution in [1.82, 2.24) is 14.9 Å². The molecule has 44 heavy (non-hydrogen) atoms. The number of fused-ring (bicyclic) bond motifs is 1. The highest BCUT2D eigenvalue weighted by molar-refractivity contribution is 6.23. The average Bonchev–Trinajstić information content (AvgIpc) is 3.60. The largest absolute Gasteiger partial charge is 0.480 e. The number of rotatable bonds is 9. The minimum Gasteiger partial charge on any atom is -0.480 e. The molecule has 0 aromatic heterocycles. The van der Waals surface area contributed by atoms with Gasteiger partial charge in [0.05, 0.1) is 16.7 Å². The number of carbonyl (C=O) groups excluding carboxylic acids is 5. The van der Waals surface area contributed by atoms with Crippen molar-refractivity contribution in [3.63, 3.8) is 0 Å². The molecule has 4 amide bonds. The van der Waals surface area contributed by atoms with Crippen LogP contribution in [-0.4, -0.2) is 74.4 Å². The predicted octanol–water partition coefficient (Wildman–Crippen LogP) is 3.66. The van der Waals surface area contributed by atoms with Crippen molar-refractivity contribution in [2.75, 3.05) is 6.54 Å². The van der Waals surface area contributed by atoms with E-state index in [4.69, 9.17) is 9.47 Å². The fraction of sp³-hybridized carbons (Fsp3) is 0.250. The Morgan fingerprint density at radius 3 is 2.02 bits per heavy atom. The number of benzene rings is 3. The van der Waals surface area contributed by atoms with Crippen LogP contribution in [0.1, 0.15) is 62.0 Å². The fourth-order valence-corrected chi connectivity index (χ4v) is 5.21. The Morgan fingerprint density at radius 1 is 0.841 bits per heavy atom. The lowest BCUT2D eigenvalue weighted by Crippen LogP contribution is -2.58. The van der Waals surface area contributed by atoms with Crippen molar-refractivity contribution < 1.29 is 43.3 Å². The summed E-state index contributed by atoms with van der Waals surface area (Å²) in [6.45, 7) is 1.33. The van der Waals surface area contributed by atoms with Gasteiger partial charge in [-0.3, -0.25) is 19.3 Å². The quantitative estimate of drug-likeness (QED) is 0.287. The Labute approximate surface area is 252 Å². The Morgan fingerprint density at radius 2 is 1.43 bits per heavy atom. The summed E-state index contributed by atoms with van der Waals surface area (Å²) in [5, 5.41) is 11.5.